The molecule has 1 N–H and O–H groups in total. The second kappa shape index (κ2) is 7.63. The zero-order chi connectivity index (χ0) is 17.9. The largest absolute Gasteiger partial charge is 0.379 e. The van der Waals surface area contributed by atoms with E-state index in [-0.39, 0.29) is 16.8 Å². The highest BCUT2D eigenvalue weighted by Gasteiger charge is 2.27. The van der Waals surface area contributed by atoms with E-state index in [1.165, 1.54) is 10.4 Å². The van der Waals surface area contributed by atoms with Crippen LogP contribution >= 0.6 is 0 Å². The van der Waals surface area contributed by atoms with Gasteiger partial charge in [-0.3, -0.25) is 4.79 Å². The molecular weight excluding hydrogens is 328 g/mol. The van der Waals surface area contributed by atoms with E-state index in [4.69, 9.17) is 4.74 Å². The van der Waals surface area contributed by atoms with E-state index >= 15 is 0 Å². The quantitative estimate of drug-likeness (QED) is 0.875. The van der Waals surface area contributed by atoms with Crippen molar-refractivity contribution in [3.05, 3.63) is 29.3 Å². The van der Waals surface area contributed by atoms with E-state index < -0.39 is 10.0 Å². The van der Waals surface area contributed by atoms with Crippen LogP contribution in [-0.2, 0) is 14.8 Å². The van der Waals surface area contributed by atoms with Gasteiger partial charge in [0.15, 0.2) is 0 Å². The first kappa shape index (κ1) is 18.9. The van der Waals surface area contributed by atoms with Crippen LogP contribution in [0.4, 0.5) is 0 Å². The van der Waals surface area contributed by atoms with Crippen molar-refractivity contribution in [1.29, 1.82) is 0 Å². The third-order valence-electron chi connectivity index (χ3n) is 4.42. The molecule has 1 saturated heterocycles. The fraction of sp³-hybridized carbons (Fsp3) is 0.588. The molecule has 1 fully saturated rings. The summed E-state index contributed by atoms with van der Waals surface area (Å²) in [5.74, 6) is 0.0576. The van der Waals surface area contributed by atoms with Crippen LogP contribution in [-0.4, -0.2) is 51.0 Å². The fourth-order valence-corrected chi connectivity index (χ4v) is 3.83. The molecule has 0 saturated carbocycles. The molecule has 7 heteroatoms. The lowest BCUT2D eigenvalue weighted by atomic mass is 10.0. The van der Waals surface area contributed by atoms with Crippen LogP contribution in [0.25, 0.3) is 0 Å². The summed E-state index contributed by atoms with van der Waals surface area (Å²) >= 11 is 0. The first-order chi connectivity index (χ1) is 11.2. The number of rotatable bonds is 5. The maximum Gasteiger partial charge on any atom is 0.251 e. The number of nitrogens with zero attached hydrogens (tertiary/aromatic N) is 1. The molecule has 2 rings (SSSR count). The van der Waals surface area contributed by atoms with Crippen LogP contribution in [0.5, 0.6) is 0 Å². The molecule has 1 amide bonds. The Morgan fingerprint density at radius 2 is 1.83 bits per heavy atom. The summed E-state index contributed by atoms with van der Waals surface area (Å²) in [4.78, 5) is 12.6. The first-order valence-electron chi connectivity index (χ1n) is 8.23. The molecule has 6 nitrogen and oxygen atoms in total. The maximum absolute atomic E-state index is 12.7. The number of carbonyl (C=O) groups excluding carboxylic acids is 1. The number of nitrogens with one attached hydrogen (secondary N) is 1. The molecule has 0 bridgehead atoms. The Balaban J connectivity index is 2.29. The molecule has 0 aromatic heterocycles. The molecule has 1 aliphatic heterocycles. The molecule has 24 heavy (non-hydrogen) atoms. The summed E-state index contributed by atoms with van der Waals surface area (Å²) in [5.41, 5.74) is 1.15. The summed E-state index contributed by atoms with van der Waals surface area (Å²) in [7, 11) is -3.61. The molecular formula is C17H26N2O4S. The van der Waals surface area contributed by atoms with Gasteiger partial charge in [0.2, 0.25) is 10.0 Å². The van der Waals surface area contributed by atoms with Gasteiger partial charge in [-0.15, -0.1) is 0 Å². The summed E-state index contributed by atoms with van der Waals surface area (Å²) in [6.07, 6.45) is 0. The van der Waals surface area contributed by atoms with E-state index in [0.717, 1.165) is 5.56 Å². The lowest BCUT2D eigenvalue weighted by molar-refractivity contribution is 0.0730. The van der Waals surface area contributed by atoms with Crippen LogP contribution < -0.4 is 5.32 Å². The standard InChI is InChI=1S/C17H26N2O4S/c1-12(2)14(4)18-17(20)16-11-15(6-5-13(16)3)24(21,22)19-7-9-23-10-8-19/h5-6,11-12,14H,7-10H2,1-4H3,(H,18,20). The Morgan fingerprint density at radius 1 is 1.21 bits per heavy atom. The van der Waals surface area contributed by atoms with Gasteiger partial charge in [0.05, 0.1) is 18.1 Å². The molecule has 1 unspecified atom stereocenters. The average Bonchev–Trinajstić information content (AvgIpc) is 2.55. The average molecular weight is 354 g/mol. The van der Waals surface area contributed by atoms with Gasteiger partial charge in [0, 0.05) is 24.7 Å². The minimum absolute atomic E-state index is 0.0106. The molecule has 0 spiro atoms. The minimum atomic E-state index is -3.61. The third kappa shape index (κ3) is 4.15. The molecule has 1 aliphatic rings. The number of amides is 1. The van der Waals surface area contributed by atoms with Crippen LogP contribution in [0.3, 0.4) is 0 Å². The Hall–Kier alpha value is -1.44. The van der Waals surface area contributed by atoms with Crippen molar-refractivity contribution in [2.24, 2.45) is 5.92 Å². The number of carbonyl (C=O) groups is 1. The number of ether oxygens (including phenoxy) is 1. The Labute approximate surface area is 144 Å². The van der Waals surface area contributed by atoms with E-state index in [2.05, 4.69) is 5.32 Å². The number of hydrogen-bond donors (Lipinski definition) is 1. The smallest absolute Gasteiger partial charge is 0.251 e. The predicted octanol–water partition coefficient (Wildman–Crippen LogP) is 1.79. The molecule has 0 radical (unpaired) electrons. The second-order valence-electron chi connectivity index (χ2n) is 6.50. The number of benzene rings is 1. The molecule has 1 heterocycles. The lowest BCUT2D eigenvalue weighted by Gasteiger charge is -2.26. The normalized spacial score (nSPS) is 17.7. The number of morpholine rings is 1. The third-order valence-corrected chi connectivity index (χ3v) is 6.31. The van der Waals surface area contributed by atoms with Gasteiger partial charge in [-0.2, -0.15) is 4.31 Å². The zero-order valence-corrected chi connectivity index (χ0v) is 15.5. The highest BCUT2D eigenvalue weighted by molar-refractivity contribution is 7.89. The minimum Gasteiger partial charge on any atom is -0.379 e. The Bertz CT molecular complexity index is 695. The molecule has 1 aromatic rings. The van der Waals surface area contributed by atoms with Crippen molar-refractivity contribution in [3.8, 4) is 0 Å². The van der Waals surface area contributed by atoms with Crippen molar-refractivity contribution < 1.29 is 17.9 Å². The van der Waals surface area contributed by atoms with Crippen molar-refractivity contribution >= 4 is 15.9 Å². The van der Waals surface area contributed by atoms with Gasteiger partial charge in [-0.25, -0.2) is 8.42 Å². The molecule has 1 aromatic carbocycles. The monoisotopic (exact) mass is 354 g/mol. The molecule has 0 aliphatic carbocycles. The second-order valence-corrected chi connectivity index (χ2v) is 8.44. The van der Waals surface area contributed by atoms with Crippen molar-refractivity contribution in [2.45, 2.75) is 38.6 Å². The van der Waals surface area contributed by atoms with Crippen molar-refractivity contribution in [2.75, 3.05) is 26.3 Å². The van der Waals surface area contributed by atoms with Crippen LogP contribution in [0.1, 0.15) is 36.7 Å². The van der Waals surface area contributed by atoms with E-state index in [9.17, 15) is 13.2 Å². The zero-order valence-electron chi connectivity index (χ0n) is 14.7. The predicted molar refractivity (Wildman–Crippen MR) is 92.5 cm³/mol. The Kier molecular flexibility index (Phi) is 6.01. The van der Waals surface area contributed by atoms with Crippen LogP contribution in [0.2, 0.25) is 0 Å². The molecule has 134 valence electrons. The van der Waals surface area contributed by atoms with Gasteiger partial charge in [-0.05, 0) is 37.5 Å². The summed E-state index contributed by atoms with van der Waals surface area (Å²) in [6, 6.07) is 4.73. The number of sulfonamides is 1. The SMILES string of the molecule is Cc1ccc(S(=O)(=O)N2CCOCC2)cc1C(=O)NC(C)C(C)C. The van der Waals surface area contributed by atoms with Crippen molar-refractivity contribution in [3.63, 3.8) is 0 Å². The summed E-state index contributed by atoms with van der Waals surface area (Å²) in [6.45, 7) is 9.25. The van der Waals surface area contributed by atoms with E-state index in [1.54, 1.807) is 19.1 Å². The van der Waals surface area contributed by atoms with Gasteiger partial charge in [0.25, 0.3) is 5.91 Å². The highest BCUT2D eigenvalue weighted by Crippen LogP contribution is 2.21. The summed E-state index contributed by atoms with van der Waals surface area (Å²) in [5, 5.41) is 2.93. The van der Waals surface area contributed by atoms with Crippen LogP contribution in [0.15, 0.2) is 23.1 Å². The van der Waals surface area contributed by atoms with Gasteiger partial charge in [-0.1, -0.05) is 19.9 Å². The first-order valence-corrected chi connectivity index (χ1v) is 9.67. The van der Waals surface area contributed by atoms with Crippen LogP contribution in [0, 0.1) is 12.8 Å². The van der Waals surface area contributed by atoms with Crippen molar-refractivity contribution in [1.82, 2.24) is 9.62 Å². The maximum atomic E-state index is 12.7. The van der Waals surface area contributed by atoms with Gasteiger partial charge >= 0.3 is 0 Å². The number of hydrogen-bond acceptors (Lipinski definition) is 4. The number of aryl methyl sites for hydroxylation is 1. The topological polar surface area (TPSA) is 75.7 Å². The summed E-state index contributed by atoms with van der Waals surface area (Å²) < 4.78 is 32.1. The Morgan fingerprint density at radius 3 is 2.42 bits per heavy atom. The van der Waals surface area contributed by atoms with Gasteiger partial charge < -0.3 is 10.1 Å². The van der Waals surface area contributed by atoms with E-state index in [0.29, 0.717) is 37.8 Å². The van der Waals surface area contributed by atoms with E-state index in [1.807, 2.05) is 20.8 Å². The fourth-order valence-electron chi connectivity index (χ4n) is 2.39. The van der Waals surface area contributed by atoms with Gasteiger partial charge in [0.1, 0.15) is 0 Å². The molecule has 1 atom stereocenters. The highest BCUT2D eigenvalue weighted by atomic mass is 32.2. The lowest BCUT2D eigenvalue weighted by Crippen LogP contribution is -2.40.